The summed E-state index contributed by atoms with van der Waals surface area (Å²) in [7, 11) is 0. The fourth-order valence-electron chi connectivity index (χ4n) is 3.07. The van der Waals surface area contributed by atoms with E-state index in [0.29, 0.717) is 17.0 Å². The predicted molar refractivity (Wildman–Crippen MR) is 116 cm³/mol. The summed E-state index contributed by atoms with van der Waals surface area (Å²) in [6.45, 7) is -1.39. The number of carbonyl (C=O) groups excluding carboxylic acids is 1. The first kappa shape index (κ1) is 24.3. The summed E-state index contributed by atoms with van der Waals surface area (Å²) in [5.41, 5.74) is -0.812. The molecule has 1 aliphatic rings. The molecule has 0 bridgehead atoms. The van der Waals surface area contributed by atoms with Crippen molar-refractivity contribution in [3.63, 3.8) is 0 Å². The van der Waals surface area contributed by atoms with Crippen LogP contribution in [0.2, 0.25) is 5.15 Å². The van der Waals surface area contributed by atoms with Crippen molar-refractivity contribution < 1.29 is 23.2 Å². The lowest BCUT2D eigenvalue weighted by Crippen LogP contribution is -2.40. The molecule has 8 nitrogen and oxygen atoms in total. The Kier molecular flexibility index (Phi) is 7.77. The van der Waals surface area contributed by atoms with E-state index in [0.717, 1.165) is 16.8 Å². The molecule has 0 saturated heterocycles. The van der Waals surface area contributed by atoms with Gasteiger partial charge in [0.2, 0.25) is 5.91 Å². The Morgan fingerprint density at radius 2 is 2.12 bits per heavy atom. The molecular weight excluding hydrogens is 463 g/mol. The molecule has 1 amide bonds. The molecule has 0 radical (unpaired) electrons. The number of benzene rings is 1. The van der Waals surface area contributed by atoms with Gasteiger partial charge in [0, 0.05) is 6.54 Å². The number of hydroxylamine groups is 2. The van der Waals surface area contributed by atoms with E-state index in [2.05, 4.69) is 15.6 Å². The van der Waals surface area contributed by atoms with Crippen LogP contribution in [0.4, 0.5) is 19.0 Å². The summed E-state index contributed by atoms with van der Waals surface area (Å²) in [5.74, 6) is -4.87. The van der Waals surface area contributed by atoms with Gasteiger partial charge >= 0.3 is 5.92 Å². The highest BCUT2D eigenvalue weighted by Crippen LogP contribution is 2.28. The Morgan fingerprint density at radius 3 is 2.85 bits per heavy atom. The number of alkyl halides is 2. The molecule has 1 aromatic carbocycles. The van der Waals surface area contributed by atoms with Crippen LogP contribution in [0.3, 0.4) is 0 Å². The van der Waals surface area contributed by atoms with E-state index in [4.69, 9.17) is 11.6 Å². The number of carbonyl (C=O) groups is 1. The molecule has 3 N–H and O–H groups in total. The summed E-state index contributed by atoms with van der Waals surface area (Å²) < 4.78 is 43.0. The number of allylic oxidation sites excluding steroid dienone is 2. The normalized spacial score (nSPS) is 13.6. The molecule has 0 atom stereocenters. The molecule has 0 unspecified atom stereocenters. The maximum absolute atomic E-state index is 14.5. The van der Waals surface area contributed by atoms with Crippen LogP contribution in [-0.2, 0) is 17.8 Å². The summed E-state index contributed by atoms with van der Waals surface area (Å²) in [6.07, 6.45) is 5.38. The minimum atomic E-state index is -3.51. The van der Waals surface area contributed by atoms with Gasteiger partial charge in [-0.15, -0.1) is 0 Å². The molecule has 2 aromatic rings. The van der Waals surface area contributed by atoms with Gasteiger partial charge in [-0.2, -0.15) is 8.78 Å². The van der Waals surface area contributed by atoms with Crippen molar-refractivity contribution in [2.24, 2.45) is 0 Å². The largest absolute Gasteiger partial charge is 0.359 e. The Bertz CT molecular complexity index is 1140. The van der Waals surface area contributed by atoms with Crippen molar-refractivity contribution in [1.82, 2.24) is 19.9 Å². The number of rotatable bonds is 9. The van der Waals surface area contributed by atoms with Crippen molar-refractivity contribution in [2.45, 2.75) is 18.9 Å². The van der Waals surface area contributed by atoms with Gasteiger partial charge in [0.05, 0.1) is 19.3 Å². The maximum atomic E-state index is 14.5. The second kappa shape index (κ2) is 10.5. The minimum Gasteiger partial charge on any atom is -0.359 e. The Balaban J connectivity index is 1.62. The van der Waals surface area contributed by atoms with Gasteiger partial charge in [-0.1, -0.05) is 35.9 Å². The minimum absolute atomic E-state index is 0.0955. The highest BCUT2D eigenvalue weighted by atomic mass is 35.5. The smallest absolute Gasteiger partial charge is 0.306 e. The van der Waals surface area contributed by atoms with Crippen LogP contribution >= 0.6 is 11.6 Å². The third-order valence-electron chi connectivity index (χ3n) is 4.73. The molecule has 0 saturated carbocycles. The van der Waals surface area contributed by atoms with Crippen LogP contribution in [0.1, 0.15) is 5.56 Å². The zero-order chi connectivity index (χ0) is 24.0. The zero-order valence-corrected chi connectivity index (χ0v) is 18.0. The SMILES string of the molecule is O=C(Cn1c(Cl)cnc(NCC(F)(F)C2=CC=CCN2O)c1=O)NCCc1cccc(F)c1. The van der Waals surface area contributed by atoms with Gasteiger partial charge in [0.15, 0.2) is 5.82 Å². The number of hydrogen-bond donors (Lipinski definition) is 3. The second-order valence-corrected chi connectivity index (χ2v) is 7.56. The summed E-state index contributed by atoms with van der Waals surface area (Å²) in [4.78, 5) is 28.6. The van der Waals surface area contributed by atoms with E-state index in [1.54, 1.807) is 12.1 Å². The van der Waals surface area contributed by atoms with Crippen LogP contribution in [0.25, 0.3) is 0 Å². The lowest BCUT2D eigenvalue weighted by atomic mass is 10.1. The number of nitrogens with one attached hydrogen (secondary N) is 2. The molecule has 1 aromatic heterocycles. The lowest BCUT2D eigenvalue weighted by molar-refractivity contribution is -0.121. The molecule has 1 aliphatic heterocycles. The number of nitrogens with zero attached hydrogens (tertiary/aromatic N) is 3. The third kappa shape index (κ3) is 6.36. The van der Waals surface area contributed by atoms with Crippen LogP contribution in [0.15, 0.2) is 59.2 Å². The average molecular weight is 484 g/mol. The highest BCUT2D eigenvalue weighted by Gasteiger charge is 2.38. The van der Waals surface area contributed by atoms with Gasteiger partial charge in [-0.05, 0) is 30.2 Å². The molecule has 12 heteroatoms. The zero-order valence-electron chi connectivity index (χ0n) is 17.3. The van der Waals surface area contributed by atoms with Crippen molar-refractivity contribution in [1.29, 1.82) is 0 Å². The quantitative estimate of drug-likeness (QED) is 0.507. The highest BCUT2D eigenvalue weighted by molar-refractivity contribution is 6.29. The summed E-state index contributed by atoms with van der Waals surface area (Å²) in [6, 6.07) is 5.92. The van der Waals surface area contributed by atoms with E-state index in [1.165, 1.54) is 24.3 Å². The molecule has 2 heterocycles. The molecule has 33 heavy (non-hydrogen) atoms. The topological polar surface area (TPSA) is 99.5 Å². The lowest BCUT2D eigenvalue weighted by Gasteiger charge is -2.28. The molecule has 3 rings (SSSR count). The Labute approximate surface area is 191 Å². The van der Waals surface area contributed by atoms with E-state index in [9.17, 15) is 28.0 Å². The van der Waals surface area contributed by atoms with Crippen molar-refractivity contribution in [2.75, 3.05) is 25.0 Å². The molecule has 0 spiro atoms. The monoisotopic (exact) mass is 483 g/mol. The van der Waals surface area contributed by atoms with Crippen LogP contribution in [-0.4, -0.2) is 51.3 Å². The summed E-state index contributed by atoms with van der Waals surface area (Å²) >= 11 is 5.97. The fourth-order valence-corrected chi connectivity index (χ4v) is 3.26. The first-order valence-electron chi connectivity index (χ1n) is 9.89. The van der Waals surface area contributed by atoms with Gasteiger partial charge < -0.3 is 10.6 Å². The fraction of sp³-hybridized carbons (Fsp3) is 0.286. The first-order chi connectivity index (χ1) is 15.7. The van der Waals surface area contributed by atoms with Crippen molar-refractivity contribution in [3.05, 3.63) is 81.3 Å². The van der Waals surface area contributed by atoms with E-state index in [1.807, 2.05) is 0 Å². The van der Waals surface area contributed by atoms with Gasteiger partial charge in [0.25, 0.3) is 5.56 Å². The predicted octanol–water partition coefficient (Wildman–Crippen LogP) is 2.59. The second-order valence-electron chi connectivity index (χ2n) is 7.17. The first-order valence-corrected chi connectivity index (χ1v) is 10.3. The van der Waals surface area contributed by atoms with Crippen LogP contribution in [0.5, 0.6) is 0 Å². The van der Waals surface area contributed by atoms with Gasteiger partial charge in [-0.3, -0.25) is 24.4 Å². The van der Waals surface area contributed by atoms with Crippen molar-refractivity contribution in [3.8, 4) is 0 Å². The number of halogens is 4. The average Bonchev–Trinajstić information content (AvgIpc) is 2.76. The van der Waals surface area contributed by atoms with Crippen molar-refractivity contribution >= 4 is 23.3 Å². The molecule has 176 valence electrons. The van der Waals surface area contributed by atoms with Gasteiger partial charge in [-0.25, -0.2) is 9.37 Å². The van der Waals surface area contributed by atoms with E-state index < -0.39 is 42.0 Å². The Morgan fingerprint density at radius 1 is 1.33 bits per heavy atom. The third-order valence-corrected chi connectivity index (χ3v) is 5.03. The van der Waals surface area contributed by atoms with Crippen LogP contribution < -0.4 is 16.2 Å². The molecule has 0 aliphatic carbocycles. The molecule has 0 fully saturated rings. The Hall–Kier alpha value is -3.31. The van der Waals surface area contributed by atoms with E-state index >= 15 is 0 Å². The van der Waals surface area contributed by atoms with Gasteiger partial charge in [0.1, 0.15) is 23.2 Å². The van der Waals surface area contributed by atoms with E-state index in [-0.39, 0.29) is 24.1 Å². The number of aromatic nitrogens is 2. The number of anilines is 1. The number of amides is 1. The number of hydrogen-bond acceptors (Lipinski definition) is 6. The van der Waals surface area contributed by atoms with Crippen LogP contribution in [0, 0.1) is 5.82 Å². The molecular formula is C21H21ClF3N5O3. The summed E-state index contributed by atoms with van der Waals surface area (Å²) in [5, 5.41) is 14.7. The maximum Gasteiger partial charge on any atom is 0.306 e. The standard InChI is InChI=1S/C21H21ClF3N5O3/c22-17-11-27-19(28-13-21(24,25)16-6-1-2-9-30(16)33)20(32)29(17)12-18(31)26-8-7-14-4-3-5-15(23)10-14/h1-6,10-11,33H,7-9,12-13H2,(H,26,31)(H,27,28).